The molecule has 0 unspecified atom stereocenters. The minimum Gasteiger partial charge on any atom is -0.507 e. The van der Waals surface area contributed by atoms with Gasteiger partial charge in [-0.3, -0.25) is 14.7 Å². The predicted molar refractivity (Wildman–Crippen MR) is 105 cm³/mol. The van der Waals surface area contributed by atoms with Crippen molar-refractivity contribution < 1.29 is 9.90 Å². The van der Waals surface area contributed by atoms with Gasteiger partial charge in [0.1, 0.15) is 5.75 Å². The highest BCUT2D eigenvalue weighted by Gasteiger charge is 2.29. The number of hydrogen-bond donors (Lipinski definition) is 3. The number of pyridine rings is 1. The van der Waals surface area contributed by atoms with Crippen LogP contribution in [-0.2, 0) is 0 Å². The molecule has 0 radical (unpaired) electrons. The largest absolute Gasteiger partial charge is 0.507 e. The molecule has 3 N–H and O–H groups in total. The van der Waals surface area contributed by atoms with Crippen LogP contribution < -0.4 is 5.56 Å². The predicted octanol–water partition coefficient (Wildman–Crippen LogP) is 2.80. The first-order chi connectivity index (χ1) is 13.5. The third-order valence-electron chi connectivity index (χ3n) is 5.28. The molecule has 144 valence electrons. The van der Waals surface area contributed by atoms with Gasteiger partial charge in [-0.05, 0) is 25.3 Å². The second kappa shape index (κ2) is 7.34. The molecule has 0 saturated carbocycles. The lowest BCUT2D eigenvalue weighted by Gasteiger charge is -2.33. The first-order valence-corrected chi connectivity index (χ1v) is 9.34. The Balaban J connectivity index is 1.58. The quantitative estimate of drug-likeness (QED) is 0.652. The normalized spacial score (nSPS) is 16.9. The van der Waals surface area contributed by atoms with Crippen LogP contribution in [0.15, 0.2) is 47.5 Å². The van der Waals surface area contributed by atoms with Gasteiger partial charge in [0.05, 0.1) is 11.8 Å². The maximum Gasteiger partial charge on any atom is 0.259 e. The number of carbonyl (C=O) groups is 1. The lowest BCUT2D eigenvalue weighted by Crippen LogP contribution is -2.39. The standard InChI is InChI=1S/C21H22N4O3/c1-13-4-6-14(7-5-13)16-11-23-24-20(16)15-3-2-8-25(12-15)21(28)17-10-22-19(27)9-18(17)26/h4-7,9-11,15H,2-3,8,12H2,1H3,(H,23,24)(H2,22,26,27)/t15-/m1/s1. The van der Waals surface area contributed by atoms with Gasteiger partial charge >= 0.3 is 0 Å². The third kappa shape index (κ3) is 3.43. The summed E-state index contributed by atoms with van der Waals surface area (Å²) < 4.78 is 0. The zero-order valence-electron chi connectivity index (χ0n) is 15.6. The second-order valence-electron chi connectivity index (χ2n) is 7.25. The molecule has 1 saturated heterocycles. The Morgan fingerprint density at radius 1 is 1.29 bits per heavy atom. The molecule has 4 rings (SSSR count). The van der Waals surface area contributed by atoms with E-state index in [9.17, 15) is 14.7 Å². The minimum absolute atomic E-state index is 0.114. The Morgan fingerprint density at radius 2 is 2.07 bits per heavy atom. The topological polar surface area (TPSA) is 102 Å². The number of amides is 1. The van der Waals surface area contributed by atoms with Crippen molar-refractivity contribution in [3.05, 3.63) is 69.9 Å². The highest BCUT2D eigenvalue weighted by atomic mass is 16.3. The van der Waals surface area contributed by atoms with E-state index in [4.69, 9.17) is 0 Å². The summed E-state index contributed by atoms with van der Waals surface area (Å²) in [7, 11) is 0. The number of H-pyrrole nitrogens is 2. The monoisotopic (exact) mass is 378 g/mol. The third-order valence-corrected chi connectivity index (χ3v) is 5.28. The Hall–Kier alpha value is -3.35. The van der Waals surface area contributed by atoms with Crippen LogP contribution in [0.2, 0.25) is 0 Å². The number of aromatic nitrogens is 3. The summed E-state index contributed by atoms with van der Waals surface area (Å²) in [5.74, 6) is -0.450. The first-order valence-electron chi connectivity index (χ1n) is 9.34. The summed E-state index contributed by atoms with van der Waals surface area (Å²) in [5.41, 5.74) is 4.03. The Morgan fingerprint density at radius 3 is 2.82 bits per heavy atom. The number of nitrogens with zero attached hydrogens (tertiary/aromatic N) is 2. The average Bonchev–Trinajstić information content (AvgIpc) is 3.18. The lowest BCUT2D eigenvalue weighted by atomic mass is 9.90. The van der Waals surface area contributed by atoms with Crippen molar-refractivity contribution in [2.24, 2.45) is 0 Å². The highest BCUT2D eigenvalue weighted by molar-refractivity contribution is 5.96. The van der Waals surface area contributed by atoms with E-state index in [0.717, 1.165) is 35.7 Å². The molecule has 0 spiro atoms. The SMILES string of the molecule is Cc1ccc(-c2cn[nH]c2[C@@H]2CCCN(C(=O)c3c[nH]c(=O)cc3O)C2)cc1. The van der Waals surface area contributed by atoms with Crippen LogP contribution in [0.4, 0.5) is 0 Å². The highest BCUT2D eigenvalue weighted by Crippen LogP contribution is 2.33. The number of aromatic hydroxyl groups is 1. The number of piperidine rings is 1. The number of carbonyl (C=O) groups excluding carboxylic acids is 1. The Labute approximate surface area is 162 Å². The summed E-state index contributed by atoms with van der Waals surface area (Å²) in [6.07, 6.45) is 4.90. The van der Waals surface area contributed by atoms with Gasteiger partial charge in [0.15, 0.2) is 0 Å². The average molecular weight is 378 g/mol. The van der Waals surface area contributed by atoms with Crippen LogP contribution in [0.3, 0.4) is 0 Å². The molecule has 1 amide bonds. The van der Waals surface area contributed by atoms with E-state index < -0.39 is 5.56 Å². The molecule has 3 heterocycles. The van der Waals surface area contributed by atoms with Gasteiger partial charge in [-0.25, -0.2) is 0 Å². The van der Waals surface area contributed by atoms with Gasteiger partial charge in [-0.15, -0.1) is 0 Å². The molecule has 0 bridgehead atoms. The van der Waals surface area contributed by atoms with Gasteiger partial charge in [0.25, 0.3) is 11.5 Å². The van der Waals surface area contributed by atoms with Crippen molar-refractivity contribution in [2.75, 3.05) is 13.1 Å². The molecule has 1 atom stereocenters. The summed E-state index contributed by atoms with van der Waals surface area (Å²) in [5, 5.41) is 17.3. The number of rotatable bonds is 3. The number of hydrogen-bond acceptors (Lipinski definition) is 4. The number of benzene rings is 1. The molecule has 1 aliphatic rings. The fourth-order valence-electron chi connectivity index (χ4n) is 3.77. The van der Waals surface area contributed by atoms with Crippen LogP contribution in [0.5, 0.6) is 5.75 Å². The smallest absolute Gasteiger partial charge is 0.259 e. The maximum absolute atomic E-state index is 12.9. The Kier molecular flexibility index (Phi) is 4.73. The van der Waals surface area contributed by atoms with Crippen molar-refractivity contribution >= 4 is 5.91 Å². The van der Waals surface area contributed by atoms with Crippen LogP contribution in [0.1, 0.15) is 40.4 Å². The molecule has 1 aromatic carbocycles. The fourth-order valence-corrected chi connectivity index (χ4v) is 3.77. The minimum atomic E-state index is -0.439. The molecular weight excluding hydrogens is 356 g/mol. The summed E-state index contributed by atoms with van der Waals surface area (Å²) in [6, 6.07) is 9.32. The fraction of sp³-hybridized carbons (Fsp3) is 0.286. The number of aryl methyl sites for hydroxylation is 1. The molecule has 7 nitrogen and oxygen atoms in total. The second-order valence-corrected chi connectivity index (χ2v) is 7.25. The lowest BCUT2D eigenvalue weighted by molar-refractivity contribution is 0.0702. The van der Waals surface area contributed by atoms with E-state index in [1.165, 1.54) is 11.8 Å². The van der Waals surface area contributed by atoms with E-state index in [1.807, 2.05) is 6.20 Å². The molecule has 28 heavy (non-hydrogen) atoms. The van der Waals surface area contributed by atoms with Gasteiger partial charge in [-0.2, -0.15) is 5.10 Å². The molecule has 1 aliphatic heterocycles. The van der Waals surface area contributed by atoms with Gasteiger partial charge < -0.3 is 15.0 Å². The molecule has 0 aliphatic carbocycles. The van der Waals surface area contributed by atoms with Crippen LogP contribution in [0.25, 0.3) is 11.1 Å². The van der Waals surface area contributed by atoms with Crippen LogP contribution >= 0.6 is 0 Å². The van der Waals surface area contributed by atoms with Crippen LogP contribution in [0, 0.1) is 6.92 Å². The van der Waals surface area contributed by atoms with E-state index in [2.05, 4.69) is 46.4 Å². The maximum atomic E-state index is 12.9. The van der Waals surface area contributed by atoms with Crippen molar-refractivity contribution in [3.63, 3.8) is 0 Å². The van der Waals surface area contributed by atoms with E-state index in [1.54, 1.807) is 4.90 Å². The number of nitrogens with one attached hydrogen (secondary N) is 2. The molecule has 1 fully saturated rings. The van der Waals surface area contributed by atoms with Crippen molar-refractivity contribution in [2.45, 2.75) is 25.7 Å². The van der Waals surface area contributed by atoms with Gasteiger partial charge in [0.2, 0.25) is 0 Å². The van der Waals surface area contributed by atoms with E-state index >= 15 is 0 Å². The molecular formula is C21H22N4O3. The summed E-state index contributed by atoms with van der Waals surface area (Å²) >= 11 is 0. The Bertz CT molecular complexity index is 1050. The molecule has 2 aromatic heterocycles. The van der Waals surface area contributed by atoms with Gasteiger partial charge in [-0.1, -0.05) is 29.8 Å². The number of aromatic amines is 2. The van der Waals surface area contributed by atoms with E-state index in [-0.39, 0.29) is 23.1 Å². The van der Waals surface area contributed by atoms with Crippen LogP contribution in [-0.4, -0.2) is 44.2 Å². The van der Waals surface area contributed by atoms with E-state index in [0.29, 0.717) is 13.1 Å². The first kappa shape index (κ1) is 18.0. The number of likely N-dealkylation sites (tertiary alicyclic amines) is 1. The van der Waals surface area contributed by atoms with Crippen molar-refractivity contribution in [1.29, 1.82) is 0 Å². The summed E-state index contributed by atoms with van der Waals surface area (Å²) in [6.45, 7) is 3.19. The summed E-state index contributed by atoms with van der Waals surface area (Å²) in [4.78, 5) is 28.3. The molecule has 7 heteroatoms. The van der Waals surface area contributed by atoms with Gasteiger partial charge in [0, 0.05) is 42.5 Å². The zero-order valence-corrected chi connectivity index (χ0v) is 15.6. The zero-order chi connectivity index (χ0) is 19.7. The van der Waals surface area contributed by atoms with Crippen molar-refractivity contribution in [3.8, 4) is 16.9 Å². The van der Waals surface area contributed by atoms with Crippen molar-refractivity contribution in [1.82, 2.24) is 20.1 Å². The molecule has 3 aromatic rings.